The number of carbonyl (C=O) groups is 1. The van der Waals surface area contributed by atoms with Crippen molar-refractivity contribution in [3.8, 4) is 0 Å². The lowest BCUT2D eigenvalue weighted by atomic mass is 10.00. The number of nitrogens with two attached hydrogens (primary N) is 1. The number of hydrogen-bond acceptors (Lipinski definition) is 3. The van der Waals surface area contributed by atoms with E-state index in [1.165, 1.54) is 4.90 Å². The quantitative estimate of drug-likeness (QED) is 0.498. The zero-order valence-corrected chi connectivity index (χ0v) is 16.3. The molecule has 0 spiro atoms. The van der Waals surface area contributed by atoms with Crippen molar-refractivity contribution in [1.82, 2.24) is 10.2 Å². The smallest absolute Gasteiger partial charge is 0.275 e. The van der Waals surface area contributed by atoms with Gasteiger partial charge in [-0.1, -0.05) is 0 Å². The maximum atomic E-state index is 14.6. The molecule has 0 bridgehead atoms. The molecular weight excluding hydrogens is 400 g/mol. The third-order valence-corrected chi connectivity index (χ3v) is 5.02. The summed E-state index contributed by atoms with van der Waals surface area (Å²) in [7, 11) is 0. The Morgan fingerprint density at radius 2 is 1.83 bits per heavy atom. The van der Waals surface area contributed by atoms with Gasteiger partial charge in [-0.05, 0) is 51.3 Å². The zero-order chi connectivity index (χ0) is 22.0. The van der Waals surface area contributed by atoms with Crippen LogP contribution < -0.4 is 11.1 Å². The largest absolute Gasteiger partial charge is 0.352 e. The van der Waals surface area contributed by atoms with Crippen LogP contribution in [-0.2, 0) is 11.2 Å². The van der Waals surface area contributed by atoms with E-state index in [0.29, 0.717) is 31.5 Å². The Hall–Kier alpha value is -1.81. The van der Waals surface area contributed by atoms with E-state index in [-0.39, 0.29) is 6.54 Å². The number of alkyl halides is 3. The molecule has 0 aliphatic carbocycles. The number of hydrogen-bond donors (Lipinski definition) is 2. The first-order valence-electron chi connectivity index (χ1n) is 9.29. The van der Waals surface area contributed by atoms with Gasteiger partial charge >= 0.3 is 0 Å². The predicted molar refractivity (Wildman–Crippen MR) is 95.7 cm³/mol. The summed E-state index contributed by atoms with van der Waals surface area (Å²) in [6, 6.07) is -1.43. The first-order chi connectivity index (χ1) is 13.3. The summed E-state index contributed by atoms with van der Waals surface area (Å²) in [5.74, 6) is -8.19. The van der Waals surface area contributed by atoms with E-state index < -0.39 is 65.6 Å². The highest BCUT2D eigenvalue weighted by Crippen LogP contribution is 2.27. The molecule has 29 heavy (non-hydrogen) atoms. The molecular formula is C19H25F6N3O. The molecule has 164 valence electrons. The number of benzene rings is 1. The summed E-state index contributed by atoms with van der Waals surface area (Å²) in [6.07, 6.45) is 0.472. The Balaban J connectivity index is 1.99. The van der Waals surface area contributed by atoms with Gasteiger partial charge in [-0.3, -0.25) is 9.69 Å². The van der Waals surface area contributed by atoms with Gasteiger partial charge in [0.1, 0.15) is 5.82 Å². The number of nitrogens with one attached hydrogen (secondary N) is 1. The minimum atomic E-state index is -3.46. The molecule has 1 aromatic rings. The van der Waals surface area contributed by atoms with Crippen molar-refractivity contribution in [3.05, 3.63) is 35.1 Å². The van der Waals surface area contributed by atoms with Crippen LogP contribution in [-0.4, -0.2) is 54.1 Å². The highest BCUT2D eigenvalue weighted by Gasteiger charge is 2.42. The van der Waals surface area contributed by atoms with Crippen LogP contribution in [0.5, 0.6) is 0 Å². The SMILES string of the molecule is CC(C)(F)C(=O)NCC1CCCN1CC(F)(F)C(N)Cc1cc(F)c(F)cc1F. The molecule has 2 unspecified atom stereocenters. The monoisotopic (exact) mass is 425 g/mol. The van der Waals surface area contributed by atoms with Crippen molar-refractivity contribution in [1.29, 1.82) is 0 Å². The highest BCUT2D eigenvalue weighted by atomic mass is 19.3. The molecule has 2 rings (SSSR count). The zero-order valence-electron chi connectivity index (χ0n) is 16.3. The van der Waals surface area contributed by atoms with Crippen molar-refractivity contribution >= 4 is 5.91 Å². The molecule has 0 aromatic heterocycles. The fraction of sp³-hybridized carbons (Fsp3) is 0.632. The van der Waals surface area contributed by atoms with E-state index in [9.17, 15) is 31.1 Å². The van der Waals surface area contributed by atoms with Crippen LogP contribution in [0.4, 0.5) is 26.3 Å². The Labute approximate surface area is 165 Å². The second kappa shape index (κ2) is 8.91. The summed E-state index contributed by atoms with van der Waals surface area (Å²) < 4.78 is 82.8. The number of likely N-dealkylation sites (tertiary alicyclic amines) is 1. The molecule has 10 heteroatoms. The first kappa shape index (κ1) is 23.5. The van der Waals surface area contributed by atoms with Crippen molar-refractivity contribution in [2.24, 2.45) is 5.73 Å². The summed E-state index contributed by atoms with van der Waals surface area (Å²) in [5, 5.41) is 2.41. The van der Waals surface area contributed by atoms with E-state index in [0.717, 1.165) is 13.8 Å². The molecule has 1 saturated heterocycles. The summed E-state index contributed by atoms with van der Waals surface area (Å²) >= 11 is 0. The Morgan fingerprint density at radius 1 is 1.21 bits per heavy atom. The lowest BCUT2D eigenvalue weighted by Crippen LogP contribution is -2.53. The third-order valence-electron chi connectivity index (χ3n) is 5.02. The maximum absolute atomic E-state index is 14.6. The number of rotatable bonds is 8. The molecule has 1 fully saturated rings. The topological polar surface area (TPSA) is 58.4 Å². The van der Waals surface area contributed by atoms with Gasteiger partial charge in [-0.25, -0.2) is 26.3 Å². The van der Waals surface area contributed by atoms with E-state index in [2.05, 4.69) is 5.32 Å². The molecule has 1 aliphatic rings. The maximum Gasteiger partial charge on any atom is 0.275 e. The van der Waals surface area contributed by atoms with Gasteiger partial charge in [-0.2, -0.15) is 0 Å². The third kappa shape index (κ3) is 6.08. The van der Waals surface area contributed by atoms with Gasteiger partial charge in [0.2, 0.25) is 0 Å². The van der Waals surface area contributed by atoms with Crippen LogP contribution in [0.25, 0.3) is 0 Å². The second-order valence-electron chi connectivity index (χ2n) is 7.88. The van der Waals surface area contributed by atoms with Crippen LogP contribution in [0.2, 0.25) is 0 Å². The van der Waals surface area contributed by atoms with Crippen molar-refractivity contribution < 1.29 is 31.1 Å². The van der Waals surface area contributed by atoms with Crippen LogP contribution in [0, 0.1) is 17.5 Å². The van der Waals surface area contributed by atoms with E-state index in [4.69, 9.17) is 5.73 Å². The van der Waals surface area contributed by atoms with Gasteiger partial charge in [0, 0.05) is 18.7 Å². The standard InChI is InChI=1S/C19H25F6N3O/c1-18(2,23)17(29)27-9-12-4-3-5-28(12)10-19(24,25)16(26)7-11-6-14(21)15(22)8-13(11)20/h6,8,12,16H,3-5,7,9-10,26H2,1-2H3,(H,27,29). The first-order valence-corrected chi connectivity index (χ1v) is 9.29. The molecule has 0 saturated carbocycles. The minimum absolute atomic E-state index is 0.00923. The number of carbonyl (C=O) groups excluding carboxylic acids is 1. The molecule has 0 radical (unpaired) electrons. The number of amides is 1. The Kier molecular flexibility index (Phi) is 7.21. The Bertz CT molecular complexity index is 737. The molecule has 1 heterocycles. The van der Waals surface area contributed by atoms with Crippen LogP contribution >= 0.6 is 0 Å². The minimum Gasteiger partial charge on any atom is -0.352 e. The van der Waals surface area contributed by atoms with Crippen molar-refractivity contribution in [2.45, 2.75) is 56.8 Å². The van der Waals surface area contributed by atoms with Gasteiger partial charge in [0.25, 0.3) is 11.8 Å². The van der Waals surface area contributed by atoms with E-state index in [1.54, 1.807) is 0 Å². The molecule has 1 aliphatic heterocycles. The molecule has 4 nitrogen and oxygen atoms in total. The van der Waals surface area contributed by atoms with Gasteiger partial charge < -0.3 is 11.1 Å². The van der Waals surface area contributed by atoms with Crippen molar-refractivity contribution in [2.75, 3.05) is 19.6 Å². The van der Waals surface area contributed by atoms with E-state index in [1.807, 2.05) is 0 Å². The molecule has 1 aromatic carbocycles. The van der Waals surface area contributed by atoms with Gasteiger partial charge in [-0.15, -0.1) is 0 Å². The van der Waals surface area contributed by atoms with Crippen molar-refractivity contribution in [3.63, 3.8) is 0 Å². The fourth-order valence-corrected chi connectivity index (χ4v) is 3.25. The summed E-state index contributed by atoms with van der Waals surface area (Å²) in [5.41, 5.74) is 3.05. The average Bonchev–Trinajstić information content (AvgIpc) is 3.02. The average molecular weight is 425 g/mol. The highest BCUT2D eigenvalue weighted by molar-refractivity contribution is 5.84. The van der Waals surface area contributed by atoms with Gasteiger partial charge in [0.15, 0.2) is 17.3 Å². The molecule has 3 N–H and O–H groups in total. The fourth-order valence-electron chi connectivity index (χ4n) is 3.25. The summed E-state index contributed by atoms with van der Waals surface area (Å²) in [4.78, 5) is 13.1. The lowest BCUT2D eigenvalue weighted by Gasteiger charge is -2.32. The van der Waals surface area contributed by atoms with Crippen LogP contribution in [0.3, 0.4) is 0 Å². The summed E-state index contributed by atoms with van der Waals surface area (Å²) in [6.45, 7) is 1.79. The predicted octanol–water partition coefficient (Wildman–Crippen LogP) is 2.94. The Morgan fingerprint density at radius 3 is 2.45 bits per heavy atom. The second-order valence-corrected chi connectivity index (χ2v) is 7.88. The lowest BCUT2D eigenvalue weighted by molar-refractivity contribution is -0.131. The normalized spacial score (nSPS) is 19.4. The number of nitrogens with zero attached hydrogens (tertiary/aromatic N) is 1. The molecule has 1 amide bonds. The van der Waals surface area contributed by atoms with Crippen LogP contribution in [0.15, 0.2) is 12.1 Å². The number of halogens is 6. The molecule has 2 atom stereocenters. The van der Waals surface area contributed by atoms with Gasteiger partial charge in [0.05, 0.1) is 12.6 Å². The van der Waals surface area contributed by atoms with Crippen LogP contribution in [0.1, 0.15) is 32.3 Å². The van der Waals surface area contributed by atoms with E-state index >= 15 is 0 Å².